The Bertz CT molecular complexity index is 1010. The van der Waals surface area contributed by atoms with Gasteiger partial charge in [-0.25, -0.2) is 4.68 Å². The number of hydrogen-bond donors (Lipinski definition) is 1. The first kappa shape index (κ1) is 15.0. The number of nitrogens with one attached hydrogen (secondary N) is 1. The van der Waals surface area contributed by atoms with Crippen LogP contribution in [0.2, 0.25) is 0 Å². The molecule has 128 valence electrons. The first-order chi connectivity index (χ1) is 12.8. The van der Waals surface area contributed by atoms with E-state index in [0.29, 0.717) is 18.2 Å². The van der Waals surface area contributed by atoms with E-state index >= 15 is 0 Å². The smallest absolute Gasteiger partial charge is 0.251 e. The van der Waals surface area contributed by atoms with Crippen LogP contribution in [0.1, 0.15) is 40.0 Å². The van der Waals surface area contributed by atoms with Crippen LogP contribution in [0.25, 0.3) is 5.69 Å². The van der Waals surface area contributed by atoms with Gasteiger partial charge in [-0.1, -0.05) is 29.5 Å². The van der Waals surface area contributed by atoms with Crippen molar-refractivity contribution in [2.45, 2.75) is 25.4 Å². The molecular weight excluding hydrogens is 326 g/mol. The molecule has 0 radical (unpaired) electrons. The van der Waals surface area contributed by atoms with E-state index in [1.807, 2.05) is 42.6 Å². The van der Waals surface area contributed by atoms with Crippen LogP contribution >= 0.6 is 0 Å². The predicted molar refractivity (Wildman–Crippen MR) is 97.6 cm³/mol. The van der Waals surface area contributed by atoms with Crippen molar-refractivity contribution in [1.29, 1.82) is 0 Å². The van der Waals surface area contributed by atoms with Gasteiger partial charge in [0.05, 0.1) is 24.1 Å². The number of carbonyl (C=O) groups excluding carboxylic acids is 1. The Balaban J connectivity index is 1.38. The fraction of sp³-hybridized carbons (Fsp3) is 0.200. The first-order valence-electron chi connectivity index (χ1n) is 8.75. The minimum atomic E-state index is -0.0183. The molecule has 0 unspecified atom stereocenters. The fourth-order valence-electron chi connectivity index (χ4n) is 3.12. The highest BCUT2D eigenvalue weighted by Gasteiger charge is 2.24. The van der Waals surface area contributed by atoms with Crippen molar-refractivity contribution < 1.29 is 4.79 Å². The maximum absolute atomic E-state index is 12.1. The van der Waals surface area contributed by atoms with Crippen molar-refractivity contribution in [3.8, 4) is 5.69 Å². The average Bonchev–Trinajstić information content (AvgIpc) is 3.20. The van der Waals surface area contributed by atoms with E-state index in [1.165, 1.54) is 5.56 Å². The van der Waals surface area contributed by atoms with Gasteiger partial charge in [0.25, 0.3) is 5.91 Å². The number of nitrogens with zero attached hydrogens (tertiary/aromatic N) is 4. The summed E-state index contributed by atoms with van der Waals surface area (Å²) in [6, 6.07) is 15.9. The van der Waals surface area contributed by atoms with Gasteiger partial charge < -0.3 is 5.32 Å². The van der Waals surface area contributed by atoms with Gasteiger partial charge in [-0.15, -0.1) is 5.10 Å². The van der Waals surface area contributed by atoms with Gasteiger partial charge in [0.15, 0.2) is 0 Å². The molecule has 26 heavy (non-hydrogen) atoms. The third kappa shape index (κ3) is 2.69. The van der Waals surface area contributed by atoms with Crippen molar-refractivity contribution in [3.63, 3.8) is 0 Å². The molecule has 1 fully saturated rings. The van der Waals surface area contributed by atoms with E-state index in [0.717, 1.165) is 35.5 Å². The Morgan fingerprint density at radius 3 is 2.69 bits per heavy atom. The normalized spacial score (nSPS) is 15.5. The lowest BCUT2D eigenvalue weighted by molar-refractivity contribution is 0.0951. The molecule has 1 aliphatic carbocycles. The van der Waals surface area contributed by atoms with Crippen molar-refractivity contribution >= 4 is 11.6 Å². The zero-order chi connectivity index (χ0) is 17.5. The standard InChI is InChI=1S/C20H17N5O/c26-20(22-15-7-8-15)13-5-9-16(10-6-13)25-12-18(23-24-25)19-17-4-2-1-3-14(17)11-21-19/h1-6,9-10,12,15H,7-8,11H2,(H,22,26). The molecule has 2 aliphatic rings. The summed E-state index contributed by atoms with van der Waals surface area (Å²) in [4.78, 5) is 16.7. The lowest BCUT2D eigenvalue weighted by Gasteiger charge is -2.04. The molecule has 0 spiro atoms. The van der Waals surface area contributed by atoms with E-state index in [4.69, 9.17) is 0 Å². The van der Waals surface area contributed by atoms with E-state index < -0.39 is 0 Å². The van der Waals surface area contributed by atoms with Gasteiger partial charge in [-0.3, -0.25) is 9.79 Å². The van der Waals surface area contributed by atoms with E-state index in [1.54, 1.807) is 4.68 Å². The third-order valence-corrected chi connectivity index (χ3v) is 4.72. The van der Waals surface area contributed by atoms with E-state index in [2.05, 4.69) is 32.8 Å². The molecule has 6 heteroatoms. The van der Waals surface area contributed by atoms with Crippen LogP contribution in [-0.4, -0.2) is 32.7 Å². The maximum atomic E-state index is 12.1. The largest absolute Gasteiger partial charge is 0.349 e. The number of fused-ring (bicyclic) bond motifs is 1. The van der Waals surface area contributed by atoms with Crippen molar-refractivity contribution in [3.05, 3.63) is 77.1 Å². The highest BCUT2D eigenvalue weighted by atomic mass is 16.1. The average molecular weight is 343 g/mol. The number of hydrogen-bond acceptors (Lipinski definition) is 4. The summed E-state index contributed by atoms with van der Waals surface area (Å²) in [5.41, 5.74) is 5.49. The monoisotopic (exact) mass is 343 g/mol. The second-order valence-electron chi connectivity index (χ2n) is 6.66. The Morgan fingerprint density at radius 1 is 1.08 bits per heavy atom. The predicted octanol–water partition coefficient (Wildman–Crippen LogP) is 2.51. The molecule has 3 aromatic rings. The fourth-order valence-corrected chi connectivity index (χ4v) is 3.12. The zero-order valence-electron chi connectivity index (χ0n) is 14.1. The number of rotatable bonds is 4. The molecule has 6 nitrogen and oxygen atoms in total. The molecule has 0 bridgehead atoms. The van der Waals surface area contributed by atoms with Crippen LogP contribution in [0.15, 0.2) is 59.7 Å². The van der Waals surface area contributed by atoms with Crippen molar-refractivity contribution in [2.24, 2.45) is 4.99 Å². The number of aromatic nitrogens is 3. The Kier molecular flexibility index (Phi) is 3.41. The molecular formula is C20H17N5O. The summed E-state index contributed by atoms with van der Waals surface area (Å²) in [5.74, 6) is -0.0183. The highest BCUT2D eigenvalue weighted by molar-refractivity contribution is 6.13. The molecule has 1 aliphatic heterocycles. The summed E-state index contributed by atoms with van der Waals surface area (Å²) in [5, 5.41) is 11.5. The Morgan fingerprint density at radius 2 is 1.88 bits per heavy atom. The molecule has 1 aromatic heterocycles. The number of aliphatic imine (C=N–C) groups is 1. The maximum Gasteiger partial charge on any atom is 0.251 e. The molecule has 1 N–H and O–H groups in total. The van der Waals surface area contributed by atoms with Crippen LogP contribution < -0.4 is 5.32 Å². The summed E-state index contributed by atoms with van der Waals surface area (Å²) in [7, 11) is 0. The molecule has 1 saturated carbocycles. The van der Waals surface area contributed by atoms with Gasteiger partial charge >= 0.3 is 0 Å². The molecule has 2 aromatic carbocycles. The number of amides is 1. The summed E-state index contributed by atoms with van der Waals surface area (Å²) in [6.07, 6.45) is 4.04. The highest BCUT2D eigenvalue weighted by Crippen LogP contribution is 2.22. The van der Waals surface area contributed by atoms with Gasteiger partial charge in [0.2, 0.25) is 0 Å². The summed E-state index contributed by atoms with van der Waals surface area (Å²) < 4.78 is 1.71. The van der Waals surface area contributed by atoms with Gasteiger partial charge in [-0.05, 0) is 42.7 Å². The Labute approximate surface area is 150 Å². The molecule has 5 rings (SSSR count). The quantitative estimate of drug-likeness (QED) is 0.791. The third-order valence-electron chi connectivity index (χ3n) is 4.72. The summed E-state index contributed by atoms with van der Waals surface area (Å²) in [6.45, 7) is 0.684. The minimum absolute atomic E-state index is 0.0183. The second-order valence-corrected chi connectivity index (χ2v) is 6.66. The molecule has 0 saturated heterocycles. The first-order valence-corrected chi connectivity index (χ1v) is 8.75. The van der Waals surface area contributed by atoms with Gasteiger partial charge in [-0.2, -0.15) is 0 Å². The zero-order valence-corrected chi connectivity index (χ0v) is 14.1. The van der Waals surface area contributed by atoms with Crippen molar-refractivity contribution in [1.82, 2.24) is 20.3 Å². The van der Waals surface area contributed by atoms with Crippen molar-refractivity contribution in [2.75, 3.05) is 0 Å². The van der Waals surface area contributed by atoms with Crippen LogP contribution in [0.4, 0.5) is 0 Å². The van der Waals surface area contributed by atoms with Gasteiger partial charge in [0.1, 0.15) is 5.69 Å². The van der Waals surface area contributed by atoms with Crippen LogP contribution in [-0.2, 0) is 6.54 Å². The Hall–Kier alpha value is -3.28. The molecule has 1 amide bonds. The SMILES string of the molecule is O=C(NC1CC1)c1ccc(-n2cc(C3=NCc4ccccc43)nn2)cc1. The van der Waals surface area contributed by atoms with Crippen LogP contribution in [0.5, 0.6) is 0 Å². The number of benzene rings is 2. The van der Waals surface area contributed by atoms with E-state index in [-0.39, 0.29) is 5.91 Å². The van der Waals surface area contributed by atoms with Crippen LogP contribution in [0.3, 0.4) is 0 Å². The summed E-state index contributed by atoms with van der Waals surface area (Å²) >= 11 is 0. The lowest BCUT2D eigenvalue weighted by Crippen LogP contribution is -2.25. The van der Waals surface area contributed by atoms with E-state index in [9.17, 15) is 4.79 Å². The number of carbonyl (C=O) groups is 1. The van der Waals surface area contributed by atoms with Crippen LogP contribution in [0, 0.1) is 0 Å². The molecule has 0 atom stereocenters. The van der Waals surface area contributed by atoms with Gasteiger partial charge in [0, 0.05) is 17.2 Å². The minimum Gasteiger partial charge on any atom is -0.349 e. The lowest BCUT2D eigenvalue weighted by atomic mass is 10.0. The second kappa shape index (κ2) is 5.91. The molecule has 2 heterocycles. The topological polar surface area (TPSA) is 72.2 Å².